The van der Waals surface area contributed by atoms with E-state index in [1.165, 1.54) is 21.9 Å². The molecule has 3 aromatic carbocycles. The van der Waals surface area contributed by atoms with Gasteiger partial charge in [0.25, 0.3) is 0 Å². The first-order chi connectivity index (χ1) is 13.3. The van der Waals surface area contributed by atoms with Gasteiger partial charge < -0.3 is 0 Å². The van der Waals surface area contributed by atoms with Gasteiger partial charge >= 0.3 is 0 Å². The number of hydrogen-bond acceptors (Lipinski definition) is 0. The Morgan fingerprint density at radius 2 is 1.41 bits per heavy atom. The van der Waals surface area contributed by atoms with Crippen LogP contribution < -0.4 is 0 Å². The summed E-state index contributed by atoms with van der Waals surface area (Å²) in [5.74, 6) is 0. The summed E-state index contributed by atoms with van der Waals surface area (Å²) in [7, 11) is 0. The zero-order chi connectivity index (χ0) is 19.2. The highest BCUT2D eigenvalue weighted by atomic mass is 14.2. The van der Waals surface area contributed by atoms with E-state index >= 15 is 0 Å². The maximum Gasteiger partial charge on any atom is -0.00266 e. The lowest BCUT2D eigenvalue weighted by Crippen LogP contribution is -1.98. The van der Waals surface area contributed by atoms with Crippen molar-refractivity contribution in [3.63, 3.8) is 0 Å². The van der Waals surface area contributed by atoms with E-state index in [0.29, 0.717) is 0 Å². The number of hydrogen-bond donors (Lipinski definition) is 0. The van der Waals surface area contributed by atoms with Crippen LogP contribution in [0.5, 0.6) is 0 Å². The fourth-order valence-electron chi connectivity index (χ4n) is 3.66. The van der Waals surface area contributed by atoms with E-state index in [2.05, 4.69) is 80.4 Å². The summed E-state index contributed by atoms with van der Waals surface area (Å²) in [5.41, 5.74) is 6.84. The van der Waals surface area contributed by atoms with Gasteiger partial charge in [-0.1, -0.05) is 111 Å². The van der Waals surface area contributed by atoms with Crippen molar-refractivity contribution in [1.29, 1.82) is 0 Å². The maximum atomic E-state index is 4.12. The van der Waals surface area contributed by atoms with Crippen LogP contribution in [0, 0.1) is 0 Å². The molecule has 0 saturated heterocycles. The Morgan fingerprint density at radius 3 is 2.00 bits per heavy atom. The Kier molecular flexibility index (Phi) is 5.68. The number of fused-ring (bicyclic) bond motifs is 1. The molecular weight excluding hydrogens is 324 g/mol. The number of allylic oxidation sites excluding steroid dienone is 5. The van der Waals surface area contributed by atoms with E-state index < -0.39 is 0 Å². The monoisotopic (exact) mass is 348 g/mol. The average Bonchev–Trinajstić information content (AvgIpc) is 2.72. The minimum atomic E-state index is 1.09. The van der Waals surface area contributed by atoms with E-state index in [4.69, 9.17) is 0 Å². The Bertz CT molecular complexity index is 1060. The lowest BCUT2D eigenvalue weighted by atomic mass is 9.83. The van der Waals surface area contributed by atoms with Crippen LogP contribution in [-0.2, 0) is 0 Å². The van der Waals surface area contributed by atoms with E-state index in [0.717, 1.165) is 22.3 Å². The highest BCUT2D eigenvalue weighted by Gasteiger charge is 2.18. The summed E-state index contributed by atoms with van der Waals surface area (Å²) < 4.78 is 0. The molecule has 0 aliphatic heterocycles. The van der Waals surface area contributed by atoms with E-state index in [9.17, 15) is 0 Å². The van der Waals surface area contributed by atoms with Crippen LogP contribution in [0.2, 0.25) is 0 Å². The molecule has 0 nitrogen and oxygen atoms in total. The molecular formula is C27H24. The number of rotatable bonds is 6. The molecule has 0 amide bonds. The van der Waals surface area contributed by atoms with Crippen molar-refractivity contribution in [2.45, 2.75) is 6.92 Å². The molecule has 0 aliphatic rings. The predicted octanol–water partition coefficient (Wildman–Crippen LogP) is 7.94. The third-order valence-corrected chi connectivity index (χ3v) is 4.70. The summed E-state index contributed by atoms with van der Waals surface area (Å²) in [5, 5.41) is 2.40. The van der Waals surface area contributed by atoms with Crippen LogP contribution in [-0.4, -0.2) is 0 Å². The van der Waals surface area contributed by atoms with Crippen molar-refractivity contribution in [2.75, 3.05) is 0 Å². The van der Waals surface area contributed by atoms with Gasteiger partial charge in [0.2, 0.25) is 0 Å². The van der Waals surface area contributed by atoms with Crippen LogP contribution in [0.15, 0.2) is 98.6 Å². The zero-order valence-corrected chi connectivity index (χ0v) is 15.8. The quantitative estimate of drug-likeness (QED) is 0.397. The van der Waals surface area contributed by atoms with E-state index in [-0.39, 0.29) is 0 Å². The first-order valence-electron chi connectivity index (χ1n) is 9.11. The van der Waals surface area contributed by atoms with Gasteiger partial charge in [-0.25, -0.2) is 0 Å². The predicted molar refractivity (Wildman–Crippen MR) is 123 cm³/mol. The molecule has 0 fully saturated rings. The highest BCUT2D eigenvalue weighted by molar-refractivity contribution is 6.10. The van der Waals surface area contributed by atoms with Crippen molar-refractivity contribution in [2.24, 2.45) is 0 Å². The normalized spacial score (nSPS) is 11.7. The minimum absolute atomic E-state index is 1.09. The largest absolute Gasteiger partial charge is 0.0990 e. The highest BCUT2D eigenvalue weighted by Crippen LogP contribution is 2.41. The summed E-state index contributed by atoms with van der Waals surface area (Å²) in [6, 6.07) is 19.0. The van der Waals surface area contributed by atoms with Gasteiger partial charge in [0.1, 0.15) is 0 Å². The molecule has 0 N–H and O–H groups in total. The van der Waals surface area contributed by atoms with Crippen molar-refractivity contribution in [3.8, 4) is 11.1 Å². The Morgan fingerprint density at radius 1 is 0.778 bits per heavy atom. The lowest BCUT2D eigenvalue weighted by Gasteiger charge is -2.20. The van der Waals surface area contributed by atoms with Gasteiger partial charge in [0.05, 0.1) is 0 Å². The molecule has 27 heavy (non-hydrogen) atoms. The molecule has 0 bridgehead atoms. The molecule has 0 atom stereocenters. The average molecular weight is 348 g/mol. The van der Waals surface area contributed by atoms with Gasteiger partial charge in [-0.3, -0.25) is 0 Å². The van der Waals surface area contributed by atoms with Gasteiger partial charge in [0.15, 0.2) is 0 Å². The van der Waals surface area contributed by atoms with Crippen molar-refractivity contribution in [1.82, 2.24) is 0 Å². The van der Waals surface area contributed by atoms with Crippen molar-refractivity contribution < 1.29 is 0 Å². The molecule has 132 valence electrons. The second-order valence-corrected chi connectivity index (χ2v) is 6.25. The lowest BCUT2D eigenvalue weighted by molar-refractivity contribution is 1.57. The van der Waals surface area contributed by atoms with Gasteiger partial charge in [-0.05, 0) is 51.1 Å². The SMILES string of the molecule is C=C/C=C(\C=C/C)c1c(C=C)c(C=C)c(-c2ccccc2)c2ccccc12. The molecule has 0 radical (unpaired) electrons. The Labute approximate surface area is 162 Å². The summed E-state index contributed by atoms with van der Waals surface area (Å²) in [4.78, 5) is 0. The molecule has 0 aliphatic carbocycles. The molecule has 0 saturated carbocycles. The fourth-order valence-corrected chi connectivity index (χ4v) is 3.66. The second kappa shape index (κ2) is 8.33. The molecule has 0 spiro atoms. The molecule has 0 heteroatoms. The standard InChI is InChI=1S/C27H24/c1-5-14-20(15-6-2)26-22(7-3)23(8-4)27(21-16-10-9-11-17-21)25-19-13-12-18-24(25)26/h5-19H,1,3-4H2,2H3/b15-6-,20-14+. The molecule has 3 rings (SSSR count). The van der Waals surface area contributed by atoms with Gasteiger partial charge in [-0.2, -0.15) is 0 Å². The fraction of sp³-hybridized carbons (Fsp3) is 0.0370. The topological polar surface area (TPSA) is 0 Å². The molecule has 0 aromatic heterocycles. The van der Waals surface area contributed by atoms with Crippen LogP contribution in [0.1, 0.15) is 23.6 Å². The maximum absolute atomic E-state index is 4.12. The first-order valence-corrected chi connectivity index (χ1v) is 9.11. The van der Waals surface area contributed by atoms with E-state index in [1.54, 1.807) is 0 Å². The van der Waals surface area contributed by atoms with Gasteiger partial charge in [0, 0.05) is 0 Å². The third-order valence-electron chi connectivity index (χ3n) is 4.70. The second-order valence-electron chi connectivity index (χ2n) is 6.25. The van der Waals surface area contributed by atoms with Crippen LogP contribution in [0.3, 0.4) is 0 Å². The Hall–Kier alpha value is -3.38. The van der Waals surface area contributed by atoms with E-state index in [1.807, 2.05) is 37.3 Å². The molecule has 0 unspecified atom stereocenters. The van der Waals surface area contributed by atoms with Crippen LogP contribution >= 0.6 is 0 Å². The summed E-state index contributed by atoms with van der Waals surface area (Å²) >= 11 is 0. The smallest absolute Gasteiger partial charge is 0.00266 e. The summed E-state index contributed by atoms with van der Waals surface area (Å²) in [6.45, 7) is 14.2. The van der Waals surface area contributed by atoms with Crippen molar-refractivity contribution >= 4 is 28.5 Å². The summed E-state index contributed by atoms with van der Waals surface area (Å²) in [6.07, 6.45) is 11.9. The zero-order valence-electron chi connectivity index (χ0n) is 15.8. The molecule has 3 aromatic rings. The number of benzene rings is 3. The van der Waals surface area contributed by atoms with Crippen LogP contribution in [0.25, 0.3) is 39.6 Å². The molecule has 0 heterocycles. The van der Waals surface area contributed by atoms with Crippen molar-refractivity contribution in [3.05, 3.63) is 115 Å². The first kappa shape index (κ1) is 18.4. The minimum Gasteiger partial charge on any atom is -0.0990 e. The van der Waals surface area contributed by atoms with Gasteiger partial charge in [-0.15, -0.1) is 0 Å². The van der Waals surface area contributed by atoms with Crippen LogP contribution in [0.4, 0.5) is 0 Å². The Balaban J connectivity index is 2.57. The third kappa shape index (κ3) is 3.35.